The van der Waals surface area contributed by atoms with E-state index in [1.54, 1.807) is 6.07 Å². The molecule has 2 aliphatic heterocycles. The topological polar surface area (TPSA) is 58.4 Å². The van der Waals surface area contributed by atoms with Crippen molar-refractivity contribution in [3.63, 3.8) is 0 Å². The van der Waals surface area contributed by atoms with E-state index in [2.05, 4.69) is 10.2 Å². The number of rotatable bonds is 3. The zero-order chi connectivity index (χ0) is 15.1. The highest BCUT2D eigenvalue weighted by Gasteiger charge is 2.41. The first kappa shape index (κ1) is 14.3. The number of nitrogens with zero attached hydrogens (tertiary/aromatic N) is 2. The largest absolute Gasteiger partial charge is 0.365 e. The summed E-state index contributed by atoms with van der Waals surface area (Å²) in [5.41, 5.74) is 3.21. The molecule has 5 heteroatoms. The third-order valence-electron chi connectivity index (χ3n) is 5.13. The number of aryl methyl sites for hydroxylation is 2. The number of benzene rings is 1. The molecule has 3 rings (SSSR count). The quantitative estimate of drug-likeness (QED) is 0.686. The van der Waals surface area contributed by atoms with E-state index in [1.165, 1.54) is 31.4 Å². The molecule has 2 bridgehead atoms. The van der Waals surface area contributed by atoms with Crippen molar-refractivity contribution in [3.05, 3.63) is 33.4 Å². The zero-order valence-corrected chi connectivity index (χ0v) is 12.9. The smallest absolute Gasteiger partial charge is 0.272 e. The summed E-state index contributed by atoms with van der Waals surface area (Å²) >= 11 is 0. The summed E-state index contributed by atoms with van der Waals surface area (Å²) in [5.74, 6) is 0. The van der Waals surface area contributed by atoms with Crippen molar-refractivity contribution < 1.29 is 4.92 Å². The molecule has 2 aliphatic rings. The summed E-state index contributed by atoms with van der Waals surface area (Å²) in [7, 11) is 2.04. The Labute approximate surface area is 125 Å². The average Bonchev–Trinajstić information content (AvgIpc) is 2.70. The minimum atomic E-state index is -0.284. The number of anilines is 1. The molecule has 2 saturated heterocycles. The van der Waals surface area contributed by atoms with Gasteiger partial charge in [0.1, 0.15) is 0 Å². The Morgan fingerprint density at radius 2 is 1.81 bits per heavy atom. The Kier molecular flexibility index (Phi) is 3.61. The summed E-state index contributed by atoms with van der Waals surface area (Å²) < 4.78 is 0. The van der Waals surface area contributed by atoms with Crippen molar-refractivity contribution in [3.8, 4) is 0 Å². The molecule has 1 aromatic carbocycles. The van der Waals surface area contributed by atoms with Gasteiger partial charge in [0, 0.05) is 35.4 Å². The van der Waals surface area contributed by atoms with E-state index < -0.39 is 0 Å². The van der Waals surface area contributed by atoms with E-state index in [0.29, 0.717) is 18.1 Å². The minimum Gasteiger partial charge on any atom is -0.365 e. The Balaban J connectivity index is 1.95. The first-order valence-corrected chi connectivity index (χ1v) is 7.72. The highest BCUT2D eigenvalue weighted by Crippen LogP contribution is 2.41. The van der Waals surface area contributed by atoms with Crippen LogP contribution in [0.4, 0.5) is 11.4 Å². The maximum atomic E-state index is 11.1. The summed E-state index contributed by atoms with van der Waals surface area (Å²) in [6.07, 6.45) is 4.81. The summed E-state index contributed by atoms with van der Waals surface area (Å²) in [6, 6.07) is 5.49. The van der Waals surface area contributed by atoms with Crippen LogP contribution in [-0.4, -0.2) is 30.1 Å². The minimum absolute atomic E-state index is 0.230. The molecule has 0 aliphatic carbocycles. The second-order valence-electron chi connectivity index (χ2n) is 6.43. The zero-order valence-electron chi connectivity index (χ0n) is 12.9. The molecule has 2 atom stereocenters. The van der Waals surface area contributed by atoms with Crippen LogP contribution in [-0.2, 0) is 0 Å². The number of nitro groups is 1. The molecule has 0 saturated carbocycles. The van der Waals surface area contributed by atoms with Crippen molar-refractivity contribution in [2.75, 3.05) is 11.9 Å². The second-order valence-corrected chi connectivity index (χ2v) is 6.43. The predicted molar refractivity (Wildman–Crippen MR) is 83.9 cm³/mol. The first-order chi connectivity index (χ1) is 10.0. The predicted octanol–water partition coefficient (Wildman–Crippen LogP) is 2.93. The van der Waals surface area contributed by atoms with Gasteiger partial charge in [-0.25, -0.2) is 0 Å². The molecular formula is C16H23N3O2. The maximum absolute atomic E-state index is 11.1. The Hall–Kier alpha value is -1.62. The van der Waals surface area contributed by atoms with Gasteiger partial charge in [0.25, 0.3) is 5.69 Å². The van der Waals surface area contributed by atoms with E-state index >= 15 is 0 Å². The lowest BCUT2D eigenvalue weighted by atomic mass is 9.95. The van der Waals surface area contributed by atoms with Crippen molar-refractivity contribution >= 4 is 11.4 Å². The number of hydrogen-bond donors (Lipinski definition) is 1. The fourth-order valence-electron chi connectivity index (χ4n) is 4.07. The summed E-state index contributed by atoms with van der Waals surface area (Å²) in [5, 5.41) is 14.5. The van der Waals surface area contributed by atoms with Crippen molar-refractivity contribution in [1.82, 2.24) is 5.32 Å². The molecule has 1 N–H and O–H groups in total. The van der Waals surface area contributed by atoms with E-state index in [9.17, 15) is 10.1 Å². The molecule has 2 fully saturated rings. The molecule has 2 unspecified atom stereocenters. The lowest BCUT2D eigenvalue weighted by Crippen LogP contribution is -2.48. The molecule has 2 heterocycles. The number of nitro benzene ring substituents is 1. The van der Waals surface area contributed by atoms with Gasteiger partial charge in [-0.1, -0.05) is 0 Å². The van der Waals surface area contributed by atoms with Crippen molar-refractivity contribution in [2.24, 2.45) is 0 Å². The van der Waals surface area contributed by atoms with Crippen LogP contribution >= 0.6 is 0 Å². The van der Waals surface area contributed by atoms with Gasteiger partial charge in [0.05, 0.1) is 4.92 Å². The van der Waals surface area contributed by atoms with E-state index in [4.69, 9.17) is 0 Å². The van der Waals surface area contributed by atoms with Gasteiger partial charge in [-0.15, -0.1) is 0 Å². The molecule has 0 amide bonds. The van der Waals surface area contributed by atoms with Gasteiger partial charge in [-0.2, -0.15) is 0 Å². The van der Waals surface area contributed by atoms with E-state index in [0.717, 1.165) is 11.1 Å². The van der Waals surface area contributed by atoms with Gasteiger partial charge in [0.2, 0.25) is 0 Å². The van der Waals surface area contributed by atoms with Crippen LogP contribution in [0.1, 0.15) is 36.8 Å². The van der Waals surface area contributed by atoms with Crippen LogP contribution in [0.25, 0.3) is 0 Å². The van der Waals surface area contributed by atoms with Crippen LogP contribution in [0.15, 0.2) is 12.1 Å². The summed E-state index contributed by atoms with van der Waals surface area (Å²) in [4.78, 5) is 13.3. The molecule has 0 radical (unpaired) electrons. The summed E-state index contributed by atoms with van der Waals surface area (Å²) in [6.45, 7) is 3.83. The van der Waals surface area contributed by atoms with Crippen LogP contribution in [0.2, 0.25) is 0 Å². The van der Waals surface area contributed by atoms with Crippen LogP contribution < -0.4 is 10.2 Å². The lowest BCUT2D eigenvalue weighted by Gasteiger charge is -2.41. The Morgan fingerprint density at radius 1 is 1.19 bits per heavy atom. The standard InChI is InChI=1S/C16H23N3O2/c1-10-7-16(19(20)21)11(2)6-15(10)18-13-4-5-14(18)9-12(8-13)17-3/h6-7,12-14,17H,4-5,8-9H2,1-3H3. The number of hydrogen-bond acceptors (Lipinski definition) is 4. The van der Waals surface area contributed by atoms with Crippen LogP contribution in [0, 0.1) is 24.0 Å². The first-order valence-electron chi connectivity index (χ1n) is 7.72. The van der Waals surface area contributed by atoms with Crippen molar-refractivity contribution in [2.45, 2.75) is 57.7 Å². The number of piperidine rings is 1. The van der Waals surface area contributed by atoms with Gasteiger partial charge < -0.3 is 10.2 Å². The van der Waals surface area contributed by atoms with Gasteiger partial charge in [0.15, 0.2) is 0 Å². The molecule has 0 aromatic heterocycles. The highest BCUT2D eigenvalue weighted by atomic mass is 16.6. The van der Waals surface area contributed by atoms with Gasteiger partial charge in [-0.3, -0.25) is 10.1 Å². The van der Waals surface area contributed by atoms with Gasteiger partial charge in [-0.05, 0) is 58.2 Å². The molecule has 114 valence electrons. The third-order valence-corrected chi connectivity index (χ3v) is 5.13. The van der Waals surface area contributed by atoms with Crippen LogP contribution in [0.3, 0.4) is 0 Å². The molecule has 1 aromatic rings. The molecule has 0 spiro atoms. The highest BCUT2D eigenvalue weighted by molar-refractivity contribution is 5.62. The average molecular weight is 289 g/mol. The molecule has 5 nitrogen and oxygen atoms in total. The lowest BCUT2D eigenvalue weighted by molar-refractivity contribution is -0.385. The Morgan fingerprint density at radius 3 is 2.33 bits per heavy atom. The fourth-order valence-corrected chi connectivity index (χ4v) is 4.07. The normalized spacial score (nSPS) is 28.0. The van der Waals surface area contributed by atoms with Gasteiger partial charge >= 0.3 is 0 Å². The Bertz CT molecular complexity index is 559. The van der Waals surface area contributed by atoms with Crippen molar-refractivity contribution in [1.29, 1.82) is 0 Å². The fraction of sp³-hybridized carbons (Fsp3) is 0.625. The van der Waals surface area contributed by atoms with Crippen LogP contribution in [0.5, 0.6) is 0 Å². The second kappa shape index (κ2) is 5.30. The maximum Gasteiger partial charge on any atom is 0.272 e. The third kappa shape index (κ3) is 2.39. The number of nitrogens with one attached hydrogen (secondary N) is 1. The monoisotopic (exact) mass is 289 g/mol. The molecule has 21 heavy (non-hydrogen) atoms. The molecular weight excluding hydrogens is 266 g/mol. The number of fused-ring (bicyclic) bond motifs is 2. The SMILES string of the molecule is CNC1CC2CCC(C1)N2c1cc(C)c([N+](=O)[O-])cc1C. The van der Waals surface area contributed by atoms with E-state index in [1.807, 2.05) is 27.0 Å². The van der Waals surface area contributed by atoms with E-state index in [-0.39, 0.29) is 10.6 Å².